The molecule has 2 N–H and O–H groups in total. The molecule has 27 heavy (non-hydrogen) atoms. The molecule has 0 bridgehead atoms. The number of benzene rings is 2. The van der Waals surface area contributed by atoms with Crippen LogP contribution < -0.4 is 25.0 Å². The monoisotopic (exact) mass is 373 g/mol. The smallest absolute Gasteiger partial charge is 0.319 e. The van der Waals surface area contributed by atoms with Gasteiger partial charge in [-0.25, -0.2) is 9.18 Å². The van der Waals surface area contributed by atoms with Crippen LogP contribution in [0.4, 0.5) is 20.6 Å². The highest BCUT2D eigenvalue weighted by atomic mass is 19.1. The molecule has 1 aliphatic heterocycles. The molecule has 1 heterocycles. The summed E-state index contributed by atoms with van der Waals surface area (Å²) < 4.78 is 23.4. The van der Waals surface area contributed by atoms with Crippen LogP contribution in [-0.4, -0.2) is 38.7 Å². The van der Waals surface area contributed by atoms with Gasteiger partial charge in [0.2, 0.25) is 5.91 Å². The lowest BCUT2D eigenvalue weighted by molar-refractivity contribution is -0.118. The van der Waals surface area contributed by atoms with E-state index in [2.05, 4.69) is 10.6 Å². The van der Waals surface area contributed by atoms with E-state index in [9.17, 15) is 14.0 Å². The number of hydrogen-bond donors (Lipinski definition) is 2. The van der Waals surface area contributed by atoms with E-state index in [1.54, 1.807) is 18.2 Å². The van der Waals surface area contributed by atoms with Gasteiger partial charge in [0.05, 0.1) is 19.9 Å². The number of halogens is 1. The van der Waals surface area contributed by atoms with Crippen molar-refractivity contribution in [3.63, 3.8) is 0 Å². The van der Waals surface area contributed by atoms with Gasteiger partial charge in [0.15, 0.2) is 0 Å². The van der Waals surface area contributed by atoms with Crippen LogP contribution in [0, 0.1) is 5.82 Å². The van der Waals surface area contributed by atoms with Crippen molar-refractivity contribution in [1.29, 1.82) is 0 Å². The molecule has 142 valence electrons. The molecule has 0 unspecified atom stereocenters. The van der Waals surface area contributed by atoms with E-state index in [0.29, 0.717) is 35.8 Å². The first-order chi connectivity index (χ1) is 13.0. The van der Waals surface area contributed by atoms with Crippen molar-refractivity contribution in [2.45, 2.75) is 12.5 Å². The van der Waals surface area contributed by atoms with Crippen LogP contribution in [0.1, 0.15) is 6.42 Å². The van der Waals surface area contributed by atoms with Gasteiger partial charge in [0.25, 0.3) is 0 Å². The van der Waals surface area contributed by atoms with Gasteiger partial charge in [0.1, 0.15) is 23.4 Å². The second-order valence-electron chi connectivity index (χ2n) is 5.97. The Morgan fingerprint density at radius 1 is 1.15 bits per heavy atom. The fraction of sp³-hybridized carbons (Fsp3) is 0.263. The number of nitrogens with zero attached hydrogens (tertiary/aromatic N) is 1. The number of ether oxygens (including phenoxy) is 2. The summed E-state index contributed by atoms with van der Waals surface area (Å²) in [7, 11) is 3.01. The van der Waals surface area contributed by atoms with Crippen LogP contribution in [0.25, 0.3) is 0 Å². The maximum atomic E-state index is 13.1. The summed E-state index contributed by atoms with van der Waals surface area (Å²) in [6.45, 7) is 0.442. The van der Waals surface area contributed by atoms with Crippen molar-refractivity contribution in [2.75, 3.05) is 31.0 Å². The Labute approximate surface area is 156 Å². The zero-order valence-electron chi connectivity index (χ0n) is 15.0. The fourth-order valence-corrected chi connectivity index (χ4v) is 2.92. The van der Waals surface area contributed by atoms with Crippen LogP contribution in [0.2, 0.25) is 0 Å². The van der Waals surface area contributed by atoms with Gasteiger partial charge in [-0.2, -0.15) is 0 Å². The van der Waals surface area contributed by atoms with E-state index >= 15 is 0 Å². The second kappa shape index (κ2) is 7.94. The largest absolute Gasteiger partial charge is 0.497 e. The highest BCUT2D eigenvalue weighted by Gasteiger charge is 2.33. The van der Waals surface area contributed by atoms with Crippen LogP contribution in [0.15, 0.2) is 42.5 Å². The minimum atomic E-state index is -0.661. The molecule has 0 aromatic heterocycles. The summed E-state index contributed by atoms with van der Waals surface area (Å²) >= 11 is 0. The first kappa shape index (κ1) is 18.5. The van der Waals surface area contributed by atoms with Crippen molar-refractivity contribution >= 4 is 23.3 Å². The number of carbonyl (C=O) groups is 2. The third-order valence-corrected chi connectivity index (χ3v) is 4.30. The number of carbonyl (C=O) groups excluding carboxylic acids is 2. The minimum Gasteiger partial charge on any atom is -0.497 e. The summed E-state index contributed by atoms with van der Waals surface area (Å²) in [5.74, 6) is 0.420. The molecule has 0 saturated carbocycles. The molecule has 0 radical (unpaired) electrons. The maximum absolute atomic E-state index is 13.1. The molecule has 0 aliphatic carbocycles. The second-order valence-corrected chi connectivity index (χ2v) is 5.97. The van der Waals surface area contributed by atoms with Gasteiger partial charge in [-0.05, 0) is 42.8 Å². The number of anilines is 2. The van der Waals surface area contributed by atoms with Gasteiger partial charge in [0, 0.05) is 18.3 Å². The summed E-state index contributed by atoms with van der Waals surface area (Å²) in [6, 6.07) is 9.49. The lowest BCUT2D eigenvalue weighted by atomic mass is 10.2. The molecular weight excluding hydrogens is 353 g/mol. The molecule has 1 saturated heterocycles. The van der Waals surface area contributed by atoms with Crippen molar-refractivity contribution in [1.82, 2.24) is 5.32 Å². The van der Waals surface area contributed by atoms with Gasteiger partial charge in [-0.3, -0.25) is 4.79 Å². The van der Waals surface area contributed by atoms with Gasteiger partial charge < -0.3 is 25.0 Å². The topological polar surface area (TPSA) is 79.9 Å². The summed E-state index contributed by atoms with van der Waals surface area (Å²) in [5.41, 5.74) is 1.02. The third kappa shape index (κ3) is 4.11. The highest BCUT2D eigenvalue weighted by Crippen LogP contribution is 2.29. The summed E-state index contributed by atoms with van der Waals surface area (Å²) in [6.07, 6.45) is 0.457. The Morgan fingerprint density at radius 3 is 2.56 bits per heavy atom. The molecule has 7 nitrogen and oxygen atoms in total. The normalized spacial score (nSPS) is 16.2. The molecule has 2 aromatic rings. The van der Waals surface area contributed by atoms with E-state index in [-0.39, 0.29) is 11.7 Å². The standard InChI is InChI=1S/C19H20FN3O4/c1-26-14-7-8-17(27-2)16(11-14)22-19(25)21-15-9-10-23(18(15)24)13-5-3-12(20)4-6-13/h3-8,11,15H,9-10H2,1-2H3,(H2,21,22,25)/t15-/m1/s1. The molecule has 1 atom stereocenters. The number of nitrogens with one attached hydrogen (secondary N) is 2. The van der Waals surface area contributed by atoms with E-state index in [0.717, 1.165) is 0 Å². The molecule has 0 spiro atoms. The average Bonchev–Trinajstić information content (AvgIpc) is 3.02. The average molecular weight is 373 g/mol. The Kier molecular flexibility index (Phi) is 5.44. The SMILES string of the molecule is COc1ccc(OC)c(NC(=O)N[C@@H]2CCN(c3ccc(F)cc3)C2=O)c1. The maximum Gasteiger partial charge on any atom is 0.319 e. The molecule has 2 aromatic carbocycles. The van der Waals surface area contributed by atoms with Crippen LogP contribution in [-0.2, 0) is 4.79 Å². The predicted molar refractivity (Wildman–Crippen MR) is 98.9 cm³/mol. The molecule has 1 fully saturated rings. The van der Waals surface area contributed by atoms with Gasteiger partial charge in [-0.1, -0.05) is 0 Å². The molecule has 3 rings (SSSR count). The number of urea groups is 1. The molecular formula is C19H20FN3O4. The quantitative estimate of drug-likeness (QED) is 0.845. The number of methoxy groups -OCH3 is 2. The Hall–Kier alpha value is -3.29. The van der Waals surface area contributed by atoms with E-state index < -0.39 is 12.1 Å². The van der Waals surface area contributed by atoms with Crippen molar-refractivity contribution in [2.24, 2.45) is 0 Å². The Morgan fingerprint density at radius 2 is 1.89 bits per heavy atom. The zero-order chi connectivity index (χ0) is 19.4. The molecule has 3 amide bonds. The number of amides is 3. The fourth-order valence-electron chi connectivity index (χ4n) is 2.92. The highest BCUT2D eigenvalue weighted by molar-refractivity contribution is 6.02. The van der Waals surface area contributed by atoms with E-state index in [1.165, 1.54) is 43.4 Å². The van der Waals surface area contributed by atoms with Crippen molar-refractivity contribution in [3.05, 3.63) is 48.3 Å². The lowest BCUT2D eigenvalue weighted by Crippen LogP contribution is -2.43. The van der Waals surface area contributed by atoms with Gasteiger partial charge in [-0.15, -0.1) is 0 Å². The van der Waals surface area contributed by atoms with E-state index in [4.69, 9.17) is 9.47 Å². The molecule has 8 heteroatoms. The van der Waals surface area contributed by atoms with E-state index in [1.807, 2.05) is 0 Å². The van der Waals surface area contributed by atoms with Crippen LogP contribution in [0.3, 0.4) is 0 Å². The van der Waals surface area contributed by atoms with Crippen molar-refractivity contribution < 1.29 is 23.5 Å². The molecule has 1 aliphatic rings. The summed E-state index contributed by atoms with van der Waals surface area (Å²) in [5, 5.41) is 5.34. The third-order valence-electron chi connectivity index (χ3n) is 4.30. The van der Waals surface area contributed by atoms with Crippen LogP contribution >= 0.6 is 0 Å². The van der Waals surface area contributed by atoms with Crippen LogP contribution in [0.5, 0.6) is 11.5 Å². The predicted octanol–water partition coefficient (Wildman–Crippen LogP) is 2.77. The Bertz CT molecular complexity index is 841. The number of hydrogen-bond acceptors (Lipinski definition) is 4. The van der Waals surface area contributed by atoms with Crippen molar-refractivity contribution in [3.8, 4) is 11.5 Å². The first-order valence-corrected chi connectivity index (χ1v) is 8.38. The zero-order valence-corrected chi connectivity index (χ0v) is 15.0. The number of rotatable bonds is 5. The summed E-state index contributed by atoms with van der Waals surface area (Å²) in [4.78, 5) is 26.4. The first-order valence-electron chi connectivity index (χ1n) is 8.38. The van der Waals surface area contributed by atoms with Gasteiger partial charge >= 0.3 is 6.03 Å². The Balaban J connectivity index is 1.65. The lowest BCUT2D eigenvalue weighted by Gasteiger charge is -2.18. The minimum absolute atomic E-state index is 0.241.